The van der Waals surface area contributed by atoms with Gasteiger partial charge < -0.3 is 84.4 Å². The smallest absolute Gasteiger partial charge is 0.245 e. The number of likely N-dealkylation sites (N-methyl/N-ethyl adjacent to an activating group) is 1. The number of hydrogen-bond acceptors (Lipinski definition) is 15. The lowest BCUT2D eigenvalue weighted by Crippen LogP contribution is -2.61. The molecule has 0 saturated carbocycles. The number of benzene rings is 2. The summed E-state index contributed by atoms with van der Waals surface area (Å²) in [6.45, 7) is 5.14. The molecule has 29 nitrogen and oxygen atoms in total. The lowest BCUT2D eigenvalue weighted by atomic mass is 9.92. The first-order valence-electron chi connectivity index (χ1n) is 31.3. The number of fused-ring (bicyclic) bond motifs is 2. The first-order valence-corrected chi connectivity index (χ1v) is 31.3. The van der Waals surface area contributed by atoms with Gasteiger partial charge in [0, 0.05) is 98.9 Å². The fourth-order valence-corrected chi connectivity index (χ4v) is 11.6. The molecule has 9 atom stereocenters. The highest BCUT2D eigenvalue weighted by Crippen LogP contribution is 2.29. The van der Waals surface area contributed by atoms with Gasteiger partial charge in [0.05, 0.1) is 18.6 Å². The van der Waals surface area contributed by atoms with E-state index >= 15 is 9.59 Å². The van der Waals surface area contributed by atoms with Crippen molar-refractivity contribution in [1.29, 1.82) is 0 Å². The van der Waals surface area contributed by atoms with Crippen molar-refractivity contribution in [2.75, 3.05) is 26.2 Å². The van der Waals surface area contributed by atoms with Crippen LogP contribution in [0.15, 0.2) is 113 Å². The number of aromatic hydroxyl groups is 1. The number of rotatable bonds is 32. The van der Waals surface area contributed by atoms with Crippen LogP contribution in [0.25, 0.3) is 10.9 Å². The predicted molar refractivity (Wildman–Crippen MR) is 343 cm³/mol. The first-order chi connectivity index (χ1) is 44.7. The fraction of sp³-hybridized carbons (Fsp3) is 0.453. The minimum atomic E-state index is -1.78. The second-order valence-electron chi connectivity index (χ2n) is 23.8. The number of aromatic nitrogens is 3. The summed E-state index contributed by atoms with van der Waals surface area (Å²) < 4.78 is 0. The van der Waals surface area contributed by atoms with Crippen molar-refractivity contribution in [2.24, 2.45) is 27.4 Å². The van der Waals surface area contributed by atoms with Gasteiger partial charge in [-0.2, -0.15) is 0 Å². The number of amides is 10. The molecule has 0 bridgehead atoms. The molecule has 0 radical (unpaired) electrons. The van der Waals surface area contributed by atoms with Gasteiger partial charge in [0.25, 0.3) is 0 Å². The van der Waals surface area contributed by atoms with Crippen molar-refractivity contribution < 1.29 is 58.2 Å². The van der Waals surface area contributed by atoms with Gasteiger partial charge in [-0.25, -0.2) is 4.98 Å². The Labute approximate surface area is 536 Å². The van der Waals surface area contributed by atoms with E-state index in [0.29, 0.717) is 70.4 Å². The van der Waals surface area contributed by atoms with Gasteiger partial charge in [0.2, 0.25) is 59.1 Å². The van der Waals surface area contributed by atoms with Crippen molar-refractivity contribution in [3.63, 3.8) is 0 Å². The number of guanidine groups is 1. The zero-order valence-corrected chi connectivity index (χ0v) is 52.2. The summed E-state index contributed by atoms with van der Waals surface area (Å²) in [5.41, 5.74) is 15.3. The van der Waals surface area contributed by atoms with Gasteiger partial charge in [-0.1, -0.05) is 62.4 Å². The van der Waals surface area contributed by atoms with E-state index in [0.717, 1.165) is 0 Å². The highest BCUT2D eigenvalue weighted by Gasteiger charge is 2.40. The number of nitrogens with one attached hydrogen (secondary N) is 11. The summed E-state index contributed by atoms with van der Waals surface area (Å²) in [7, 11) is 0. The Morgan fingerprint density at radius 1 is 0.753 bits per heavy atom. The lowest BCUT2D eigenvalue weighted by Gasteiger charge is -2.31. The molecule has 2 aromatic heterocycles. The number of H-pyrrole nitrogens is 2. The Balaban J connectivity index is 1.05. The summed E-state index contributed by atoms with van der Waals surface area (Å²) in [6.07, 6.45) is 13.0. The number of hydrogen-bond donors (Lipinski definition) is 15. The monoisotopic (exact) mass is 1280 g/mol. The molecule has 1 aliphatic carbocycles. The molecule has 2 saturated heterocycles. The molecule has 7 unspecified atom stereocenters. The van der Waals surface area contributed by atoms with Crippen molar-refractivity contribution in [3.05, 3.63) is 120 Å². The van der Waals surface area contributed by atoms with E-state index in [4.69, 9.17) is 11.5 Å². The molecule has 0 spiro atoms. The largest absolute Gasteiger partial charge is 0.508 e. The van der Waals surface area contributed by atoms with Crippen LogP contribution in [-0.2, 0) is 67.2 Å². The van der Waals surface area contributed by atoms with Crippen molar-refractivity contribution in [3.8, 4) is 5.75 Å². The van der Waals surface area contributed by atoms with Crippen LogP contribution in [0.5, 0.6) is 5.75 Å². The summed E-state index contributed by atoms with van der Waals surface area (Å²) in [6, 6.07) is 1.16. The van der Waals surface area contributed by atoms with Gasteiger partial charge in [-0.3, -0.25) is 57.9 Å². The maximum Gasteiger partial charge on any atom is 0.245 e. The van der Waals surface area contributed by atoms with Gasteiger partial charge >= 0.3 is 0 Å². The Bertz CT molecular complexity index is 3540. The Morgan fingerprint density at radius 3 is 2.05 bits per heavy atom. The molecule has 17 N–H and O–H groups in total. The predicted octanol–water partition coefficient (Wildman–Crippen LogP) is -0.869. The Kier molecular flexibility index (Phi) is 24.2. The number of nitrogens with zero attached hydrogens (tertiary/aromatic N) is 4. The van der Waals surface area contributed by atoms with Crippen molar-refractivity contribution in [1.82, 2.24) is 67.7 Å². The molecule has 5 heterocycles. The van der Waals surface area contributed by atoms with Crippen molar-refractivity contribution in [2.45, 2.75) is 152 Å². The molecule has 2 fully saturated rings. The number of imidazole rings is 1. The van der Waals surface area contributed by atoms with Crippen LogP contribution < -0.4 is 59.3 Å². The van der Waals surface area contributed by atoms with Crippen molar-refractivity contribution >= 4 is 81.6 Å². The molecular weight excluding hydrogens is 1200 g/mol. The highest BCUT2D eigenvalue weighted by atomic mass is 16.3. The number of likely N-dealkylation sites (tertiary alicyclic amines) is 1. The summed E-state index contributed by atoms with van der Waals surface area (Å²) in [4.78, 5) is 162. The van der Waals surface area contributed by atoms with Gasteiger partial charge in [-0.05, 0) is 86.3 Å². The maximum absolute atomic E-state index is 15.1. The third-order valence-corrected chi connectivity index (χ3v) is 16.4. The SMILES string of the molecule is CCNC(=O)[C@@H]1CCCN1C(=O)C(CCCN=C(N)N)NC(=O)C(CC(C)C)NC(=O)C(CC1=CN=C2CC=CC=C12)NC(=O)C(Cc1ccc(O)cc1)NC(=O)C(CO)NC(=O)C(Cc1c[nH]c2ccccc12)NC(=O)C(Cc1cnc[nH]1)NC(=O)[C@@H]1CCC(=O)N1. The van der Waals surface area contributed by atoms with E-state index in [1.165, 1.54) is 41.7 Å². The van der Waals surface area contributed by atoms with E-state index in [-0.39, 0.29) is 100 Å². The van der Waals surface area contributed by atoms with Crippen LogP contribution in [0.4, 0.5) is 0 Å². The minimum absolute atomic E-state index is 0.0635. The number of phenols is 1. The Hall–Kier alpha value is -10.2. The number of phenolic OH excluding ortho intramolecular Hbond substituents is 1. The molecule has 2 aromatic carbocycles. The zero-order valence-electron chi connectivity index (χ0n) is 52.2. The van der Waals surface area contributed by atoms with E-state index in [1.54, 1.807) is 37.5 Å². The van der Waals surface area contributed by atoms with Crippen LogP contribution in [-0.4, -0.2) is 181 Å². The van der Waals surface area contributed by atoms with Crippen LogP contribution in [0, 0.1) is 5.92 Å². The second kappa shape index (κ2) is 32.7. The number of carbonyl (C=O) groups excluding carboxylic acids is 10. The summed E-state index contributed by atoms with van der Waals surface area (Å²) in [5, 5.41) is 46.3. The number of allylic oxidation sites excluding steroid dienone is 4. The third kappa shape index (κ3) is 19.0. The number of aliphatic hydroxyl groups excluding tert-OH is 1. The molecule has 8 rings (SSSR count). The Morgan fingerprint density at radius 2 is 1.40 bits per heavy atom. The van der Waals surface area contributed by atoms with E-state index in [2.05, 4.69) is 72.8 Å². The topological polar surface area (TPSA) is 444 Å². The molecule has 29 heteroatoms. The number of para-hydroxylation sites is 1. The average Bonchev–Trinajstić information content (AvgIpc) is 1.82. The molecule has 3 aliphatic heterocycles. The molecule has 496 valence electrons. The molecule has 4 aliphatic rings. The lowest BCUT2D eigenvalue weighted by molar-refractivity contribution is -0.142. The summed E-state index contributed by atoms with van der Waals surface area (Å²) >= 11 is 0. The van der Waals surface area contributed by atoms with E-state index in [9.17, 15) is 48.6 Å². The quantitative estimate of drug-likeness (QED) is 0.0161. The zero-order chi connectivity index (χ0) is 66.7. The molecule has 4 aromatic rings. The van der Waals surface area contributed by atoms with E-state index in [1.807, 2.05) is 38.1 Å². The van der Waals surface area contributed by atoms with Crippen LogP contribution >= 0.6 is 0 Å². The number of nitrogens with two attached hydrogens (primary N) is 2. The number of carbonyl (C=O) groups is 10. The minimum Gasteiger partial charge on any atom is -0.508 e. The maximum atomic E-state index is 15.1. The number of aliphatic imine (C=N–C) groups is 2. The fourth-order valence-electron chi connectivity index (χ4n) is 11.6. The van der Waals surface area contributed by atoms with Gasteiger partial charge in [0.1, 0.15) is 60.1 Å². The van der Waals surface area contributed by atoms with Crippen LogP contribution in [0.1, 0.15) is 95.4 Å². The second-order valence-corrected chi connectivity index (χ2v) is 23.8. The number of aromatic amines is 2. The highest BCUT2D eigenvalue weighted by molar-refractivity contribution is 6.08. The normalized spacial score (nSPS) is 18.0. The van der Waals surface area contributed by atoms with Gasteiger partial charge in [-0.15, -0.1) is 0 Å². The first kappa shape index (κ1) is 68.7. The average molecular weight is 1280 g/mol. The van der Waals surface area contributed by atoms with Gasteiger partial charge in [0.15, 0.2) is 5.96 Å². The molecular formula is C64H83N17O12. The van der Waals surface area contributed by atoms with Crippen LogP contribution in [0.2, 0.25) is 0 Å². The standard InChI is InChI=1S/C64H83N17O12/c1-4-68-62(92)53-16-10-24-81(53)63(93)46(15-9-23-69-64(65)66)74-56(86)47(25-35(2)3)75-58(88)49(27-37-30-70-43-13-7-5-11-41(37)43)77-57(87)48(26-36-17-19-40(83)20-18-36)76-61(91)52(33-82)80-59(89)50(28-38-31-71-44-14-8-6-12-42(38)44)78-60(90)51(29-39-32-67-34-72-39)79-55(85)45-21-22-54(84)73-45/h5-8,11-12,14,17-20,30-32,34-35,45-53,71,82-83H,4,9-10,13,15-16,21-29,33H2,1-3H3,(H,67,72)(H,68,92)(H,73,84)(H,74,86)(H,75,88)(H,76,91)(H,77,87)(H,78,90)(H,79,85)(H,80,89)(H4,65,66,69)/t45-,46?,47?,48?,49?,50?,51?,52?,53-/m0/s1. The summed E-state index contributed by atoms with van der Waals surface area (Å²) in [5.74, 6) is -7.59. The third-order valence-electron chi connectivity index (χ3n) is 16.4. The molecule has 93 heavy (non-hydrogen) atoms. The van der Waals surface area contributed by atoms with E-state index < -0.39 is 108 Å². The molecule has 10 amide bonds. The van der Waals surface area contributed by atoms with Crippen LogP contribution in [0.3, 0.4) is 0 Å². The number of aliphatic hydroxyl groups is 1.